The van der Waals surface area contributed by atoms with Gasteiger partial charge < -0.3 is 16.2 Å². The number of hydrogen-bond donors (Lipinski definition) is 4. The van der Waals surface area contributed by atoms with Crippen LogP contribution in [0.2, 0.25) is 0 Å². The molecule has 0 aliphatic carbocycles. The normalized spacial score (nSPS) is 13.5. The molecular formula is C10H22N4O4S. The minimum absolute atomic E-state index is 0.0210. The third-order valence-electron chi connectivity index (χ3n) is 2.58. The summed E-state index contributed by atoms with van der Waals surface area (Å²) in [6, 6.07) is -1.13. The lowest BCUT2D eigenvalue weighted by molar-refractivity contribution is -0.138. The second kappa shape index (κ2) is 8.20. The van der Waals surface area contributed by atoms with Crippen molar-refractivity contribution in [2.75, 3.05) is 13.1 Å². The summed E-state index contributed by atoms with van der Waals surface area (Å²) in [6.45, 7) is 1.94. The summed E-state index contributed by atoms with van der Waals surface area (Å²) in [7, 11) is -3.91. The number of carbonyl (C=O) groups is 1. The van der Waals surface area contributed by atoms with Gasteiger partial charge in [0.1, 0.15) is 6.04 Å². The summed E-state index contributed by atoms with van der Waals surface area (Å²) in [4.78, 5) is 10.6. The van der Waals surface area contributed by atoms with Crippen molar-refractivity contribution in [1.82, 2.24) is 4.31 Å². The zero-order chi connectivity index (χ0) is 15.1. The van der Waals surface area contributed by atoms with Gasteiger partial charge in [-0.2, -0.15) is 12.7 Å². The van der Waals surface area contributed by atoms with Crippen LogP contribution in [-0.4, -0.2) is 48.6 Å². The SMILES string of the molecule is CCCC(=N)CCN(CC[C@H](N)C(=O)O)S(N)(=O)=O. The highest BCUT2D eigenvalue weighted by molar-refractivity contribution is 7.86. The van der Waals surface area contributed by atoms with Crippen molar-refractivity contribution in [1.29, 1.82) is 5.41 Å². The quantitative estimate of drug-likeness (QED) is 0.400. The van der Waals surface area contributed by atoms with Crippen LogP contribution in [0.5, 0.6) is 0 Å². The Labute approximate surface area is 113 Å². The third-order valence-corrected chi connectivity index (χ3v) is 3.67. The fourth-order valence-electron chi connectivity index (χ4n) is 1.46. The third kappa shape index (κ3) is 7.88. The van der Waals surface area contributed by atoms with E-state index in [0.717, 1.165) is 10.7 Å². The summed E-state index contributed by atoms with van der Waals surface area (Å²) >= 11 is 0. The van der Waals surface area contributed by atoms with Crippen LogP contribution < -0.4 is 10.9 Å². The van der Waals surface area contributed by atoms with Crippen LogP contribution in [0.4, 0.5) is 0 Å². The lowest BCUT2D eigenvalue weighted by Crippen LogP contribution is -2.42. The zero-order valence-corrected chi connectivity index (χ0v) is 11.8. The second-order valence-corrected chi connectivity index (χ2v) is 5.83. The largest absolute Gasteiger partial charge is 0.480 e. The molecule has 6 N–H and O–H groups in total. The fourth-order valence-corrected chi connectivity index (χ4v) is 2.16. The highest BCUT2D eigenvalue weighted by atomic mass is 32.2. The monoisotopic (exact) mass is 294 g/mol. The van der Waals surface area contributed by atoms with E-state index in [-0.39, 0.29) is 25.9 Å². The van der Waals surface area contributed by atoms with Crippen molar-refractivity contribution in [3.05, 3.63) is 0 Å². The van der Waals surface area contributed by atoms with E-state index in [2.05, 4.69) is 0 Å². The van der Waals surface area contributed by atoms with Crippen molar-refractivity contribution in [3.63, 3.8) is 0 Å². The molecule has 0 aliphatic rings. The molecule has 0 rings (SSSR count). The Balaban J connectivity index is 4.42. The van der Waals surface area contributed by atoms with E-state index in [9.17, 15) is 13.2 Å². The Bertz CT molecular complexity index is 410. The zero-order valence-electron chi connectivity index (χ0n) is 11.0. The van der Waals surface area contributed by atoms with E-state index in [1.54, 1.807) is 0 Å². The lowest BCUT2D eigenvalue weighted by atomic mass is 10.1. The number of nitrogens with two attached hydrogens (primary N) is 2. The molecule has 0 saturated carbocycles. The molecule has 0 aliphatic heterocycles. The van der Waals surface area contributed by atoms with Gasteiger partial charge in [-0.3, -0.25) is 4.79 Å². The average molecular weight is 294 g/mol. The highest BCUT2D eigenvalue weighted by Crippen LogP contribution is 2.04. The maximum atomic E-state index is 11.3. The van der Waals surface area contributed by atoms with E-state index >= 15 is 0 Å². The van der Waals surface area contributed by atoms with Gasteiger partial charge in [0.15, 0.2) is 0 Å². The Morgan fingerprint density at radius 2 is 1.95 bits per heavy atom. The minimum Gasteiger partial charge on any atom is -0.480 e. The molecule has 8 nitrogen and oxygen atoms in total. The standard InChI is InChI=1S/C10H22N4O4S/c1-2-3-8(11)4-6-14(19(13,17)18)7-5-9(12)10(15)16/h9,11H,2-7,12H2,1H3,(H,15,16)(H2,13,17,18)/t9-/m0/s1. The Morgan fingerprint density at radius 1 is 1.37 bits per heavy atom. The predicted molar refractivity (Wildman–Crippen MR) is 72.2 cm³/mol. The van der Waals surface area contributed by atoms with Gasteiger partial charge in [-0.25, -0.2) is 5.14 Å². The van der Waals surface area contributed by atoms with Gasteiger partial charge in [0, 0.05) is 18.8 Å². The number of carboxylic acids is 1. The molecule has 0 fully saturated rings. The first kappa shape index (κ1) is 18.0. The molecule has 112 valence electrons. The number of hydrogen-bond acceptors (Lipinski definition) is 5. The molecule has 0 radical (unpaired) electrons. The molecule has 0 saturated heterocycles. The first-order chi connectivity index (χ1) is 8.68. The van der Waals surface area contributed by atoms with Crippen molar-refractivity contribution in [2.24, 2.45) is 10.9 Å². The van der Waals surface area contributed by atoms with Crippen LogP contribution in [0.15, 0.2) is 0 Å². The number of carboxylic acid groups (broad SMARTS) is 1. The molecule has 0 spiro atoms. The Kier molecular flexibility index (Phi) is 7.76. The van der Waals surface area contributed by atoms with Crippen molar-refractivity contribution in [2.45, 2.75) is 38.6 Å². The predicted octanol–water partition coefficient (Wildman–Crippen LogP) is -0.496. The van der Waals surface area contributed by atoms with Crippen molar-refractivity contribution < 1.29 is 18.3 Å². The van der Waals surface area contributed by atoms with Gasteiger partial charge in [0.25, 0.3) is 10.2 Å². The molecule has 0 aromatic heterocycles. The van der Waals surface area contributed by atoms with E-state index in [0.29, 0.717) is 12.1 Å². The summed E-state index contributed by atoms with van der Waals surface area (Å²) < 4.78 is 23.6. The van der Waals surface area contributed by atoms with Gasteiger partial charge in [-0.1, -0.05) is 13.3 Å². The summed E-state index contributed by atoms with van der Waals surface area (Å²) in [5.41, 5.74) is 5.75. The van der Waals surface area contributed by atoms with Crippen LogP contribution in [0.25, 0.3) is 0 Å². The van der Waals surface area contributed by atoms with Gasteiger partial charge in [0.2, 0.25) is 0 Å². The van der Waals surface area contributed by atoms with Gasteiger partial charge in [0.05, 0.1) is 0 Å². The average Bonchev–Trinajstić information content (AvgIpc) is 2.26. The Morgan fingerprint density at radius 3 is 2.37 bits per heavy atom. The van der Waals surface area contributed by atoms with Crippen LogP contribution in [0, 0.1) is 5.41 Å². The number of aliphatic carboxylic acids is 1. The summed E-state index contributed by atoms with van der Waals surface area (Å²) in [5.74, 6) is -1.19. The molecular weight excluding hydrogens is 272 g/mol. The molecule has 0 amide bonds. The van der Waals surface area contributed by atoms with Crippen LogP contribution in [-0.2, 0) is 15.0 Å². The summed E-state index contributed by atoms with van der Waals surface area (Å²) in [5, 5.41) is 21.3. The molecule has 0 aromatic carbocycles. The molecule has 0 bridgehead atoms. The number of nitrogens with one attached hydrogen (secondary N) is 1. The molecule has 9 heteroatoms. The fraction of sp³-hybridized carbons (Fsp3) is 0.800. The van der Waals surface area contributed by atoms with E-state index < -0.39 is 22.2 Å². The van der Waals surface area contributed by atoms with E-state index in [1.165, 1.54) is 0 Å². The second-order valence-electron chi connectivity index (χ2n) is 4.28. The number of nitrogens with zero attached hydrogens (tertiary/aromatic N) is 1. The van der Waals surface area contributed by atoms with Gasteiger partial charge in [-0.05, 0) is 19.3 Å². The molecule has 1 atom stereocenters. The first-order valence-corrected chi connectivity index (χ1v) is 7.51. The topological polar surface area (TPSA) is 151 Å². The minimum atomic E-state index is -3.91. The van der Waals surface area contributed by atoms with Gasteiger partial charge >= 0.3 is 5.97 Å². The van der Waals surface area contributed by atoms with Crippen molar-refractivity contribution >= 4 is 21.9 Å². The maximum Gasteiger partial charge on any atom is 0.320 e. The maximum absolute atomic E-state index is 11.3. The van der Waals surface area contributed by atoms with Gasteiger partial charge in [-0.15, -0.1) is 0 Å². The van der Waals surface area contributed by atoms with Crippen LogP contribution in [0.1, 0.15) is 32.6 Å². The van der Waals surface area contributed by atoms with E-state index in [4.69, 9.17) is 21.4 Å². The smallest absolute Gasteiger partial charge is 0.320 e. The summed E-state index contributed by atoms with van der Waals surface area (Å²) in [6.07, 6.45) is 1.69. The van der Waals surface area contributed by atoms with Crippen LogP contribution >= 0.6 is 0 Å². The molecule has 0 aromatic rings. The first-order valence-electron chi connectivity index (χ1n) is 6.01. The van der Waals surface area contributed by atoms with E-state index in [1.807, 2.05) is 6.92 Å². The molecule has 0 heterocycles. The number of rotatable bonds is 10. The van der Waals surface area contributed by atoms with Crippen LogP contribution in [0.3, 0.4) is 0 Å². The highest BCUT2D eigenvalue weighted by Gasteiger charge is 2.20. The molecule has 0 unspecified atom stereocenters. The molecule has 19 heavy (non-hydrogen) atoms. The lowest BCUT2D eigenvalue weighted by Gasteiger charge is -2.20. The van der Waals surface area contributed by atoms with Crippen molar-refractivity contribution in [3.8, 4) is 0 Å². The Hall–Kier alpha value is -1.03.